The molecule has 0 unspecified atom stereocenters. The van der Waals surface area contributed by atoms with E-state index in [1.165, 1.54) is 4.88 Å². The van der Waals surface area contributed by atoms with Crippen molar-refractivity contribution in [3.63, 3.8) is 0 Å². The van der Waals surface area contributed by atoms with Crippen LogP contribution in [0.4, 0.5) is 0 Å². The molecule has 156 valence electrons. The maximum atomic E-state index is 6.34. The Bertz CT molecular complexity index is 798. The SMILES string of the molecule is CCNC(=NCc1cc(Cl)c(OCC)c(OC)c1)NCc1sc(C)nc1C.I. The number of hydrogen-bond acceptors (Lipinski definition) is 5. The zero-order valence-corrected chi connectivity index (χ0v) is 20.8. The molecule has 2 rings (SSSR count). The standard InChI is InChI=1S/C19H27ClN4O2S.HI/c1-6-21-19(23-11-17-12(3)24-13(4)27-17)22-10-14-8-15(20)18(26-7-2)16(9-14)25-5;/h8-9H,6-7,10-11H2,1-5H3,(H2,21,22,23);1H. The molecule has 0 amide bonds. The van der Waals surface area contributed by atoms with Crippen LogP contribution in [0, 0.1) is 13.8 Å². The highest BCUT2D eigenvalue weighted by Crippen LogP contribution is 2.36. The molecule has 9 heteroatoms. The summed E-state index contributed by atoms with van der Waals surface area (Å²) in [7, 11) is 1.60. The van der Waals surface area contributed by atoms with Crippen LogP contribution < -0.4 is 20.1 Å². The Morgan fingerprint density at radius 3 is 2.57 bits per heavy atom. The van der Waals surface area contributed by atoms with Crippen molar-refractivity contribution in [3.8, 4) is 11.5 Å². The van der Waals surface area contributed by atoms with Gasteiger partial charge in [-0.25, -0.2) is 9.98 Å². The first-order valence-corrected chi connectivity index (χ1v) is 10.1. The molecule has 1 aromatic carbocycles. The Hall–Kier alpha value is -1.26. The molecule has 0 saturated heterocycles. The molecule has 6 nitrogen and oxygen atoms in total. The first-order valence-electron chi connectivity index (χ1n) is 8.92. The first-order chi connectivity index (χ1) is 13.0. The molecule has 0 fully saturated rings. The molecular weight excluding hydrogens is 511 g/mol. The van der Waals surface area contributed by atoms with Gasteiger partial charge in [0.15, 0.2) is 17.5 Å². The van der Waals surface area contributed by atoms with Gasteiger partial charge in [-0.2, -0.15) is 0 Å². The number of benzene rings is 1. The summed E-state index contributed by atoms with van der Waals surface area (Å²) in [6.07, 6.45) is 0. The monoisotopic (exact) mass is 538 g/mol. The normalized spacial score (nSPS) is 11.0. The van der Waals surface area contributed by atoms with Gasteiger partial charge in [0.1, 0.15) is 0 Å². The molecule has 0 bridgehead atoms. The summed E-state index contributed by atoms with van der Waals surface area (Å²) >= 11 is 8.04. The fourth-order valence-corrected chi connectivity index (χ4v) is 3.73. The molecule has 2 N–H and O–H groups in total. The van der Waals surface area contributed by atoms with Gasteiger partial charge in [-0.1, -0.05) is 11.6 Å². The van der Waals surface area contributed by atoms with Gasteiger partial charge in [-0.3, -0.25) is 0 Å². The molecule has 2 aromatic rings. The van der Waals surface area contributed by atoms with Crippen LogP contribution in [0.15, 0.2) is 17.1 Å². The van der Waals surface area contributed by atoms with E-state index in [2.05, 4.69) is 20.6 Å². The molecular formula is C19H28ClIN4O2S. The number of guanidine groups is 1. The molecule has 0 radical (unpaired) electrons. The lowest BCUT2D eigenvalue weighted by Crippen LogP contribution is -2.36. The number of hydrogen-bond donors (Lipinski definition) is 2. The number of nitrogens with zero attached hydrogens (tertiary/aromatic N) is 2. The summed E-state index contributed by atoms with van der Waals surface area (Å²) in [4.78, 5) is 10.3. The molecule has 1 heterocycles. The zero-order valence-electron chi connectivity index (χ0n) is 16.9. The largest absolute Gasteiger partial charge is 0.493 e. The van der Waals surface area contributed by atoms with Crippen molar-refractivity contribution in [2.75, 3.05) is 20.3 Å². The van der Waals surface area contributed by atoms with Crippen molar-refractivity contribution in [1.29, 1.82) is 0 Å². The molecule has 0 spiro atoms. The third-order valence-electron chi connectivity index (χ3n) is 3.76. The summed E-state index contributed by atoms with van der Waals surface area (Å²) < 4.78 is 11.0. The van der Waals surface area contributed by atoms with Gasteiger partial charge in [0.2, 0.25) is 0 Å². The molecule has 0 atom stereocenters. The number of aromatic nitrogens is 1. The van der Waals surface area contributed by atoms with Crippen LogP contribution in [0.5, 0.6) is 11.5 Å². The van der Waals surface area contributed by atoms with E-state index in [9.17, 15) is 0 Å². The van der Waals surface area contributed by atoms with Crippen LogP contribution in [0.3, 0.4) is 0 Å². The maximum Gasteiger partial charge on any atom is 0.191 e. The van der Waals surface area contributed by atoms with Crippen molar-refractivity contribution in [2.45, 2.75) is 40.8 Å². The smallest absolute Gasteiger partial charge is 0.191 e. The van der Waals surface area contributed by atoms with Gasteiger partial charge < -0.3 is 20.1 Å². The zero-order chi connectivity index (χ0) is 19.8. The minimum absolute atomic E-state index is 0. The molecule has 28 heavy (non-hydrogen) atoms. The van der Waals surface area contributed by atoms with Crippen LogP contribution in [0.2, 0.25) is 5.02 Å². The Morgan fingerprint density at radius 2 is 2.00 bits per heavy atom. The van der Waals surface area contributed by atoms with E-state index in [1.54, 1.807) is 18.4 Å². The number of ether oxygens (including phenoxy) is 2. The van der Waals surface area contributed by atoms with E-state index in [0.29, 0.717) is 36.2 Å². The van der Waals surface area contributed by atoms with Gasteiger partial charge >= 0.3 is 0 Å². The fraction of sp³-hybridized carbons (Fsp3) is 0.474. The second kappa shape index (κ2) is 12.3. The van der Waals surface area contributed by atoms with Crippen molar-refractivity contribution in [2.24, 2.45) is 4.99 Å². The highest BCUT2D eigenvalue weighted by molar-refractivity contribution is 14.0. The molecule has 0 aliphatic heterocycles. The van der Waals surface area contributed by atoms with E-state index >= 15 is 0 Å². The number of aryl methyl sites for hydroxylation is 2. The quantitative estimate of drug-likeness (QED) is 0.290. The van der Waals surface area contributed by atoms with E-state index < -0.39 is 0 Å². The van der Waals surface area contributed by atoms with Crippen molar-refractivity contribution >= 4 is 52.9 Å². The number of methoxy groups -OCH3 is 1. The number of nitrogens with one attached hydrogen (secondary N) is 2. The number of aliphatic imine (C=N–C) groups is 1. The van der Waals surface area contributed by atoms with Crippen molar-refractivity contribution in [1.82, 2.24) is 15.6 Å². The van der Waals surface area contributed by atoms with Crippen molar-refractivity contribution < 1.29 is 9.47 Å². The number of halogens is 2. The predicted molar refractivity (Wildman–Crippen MR) is 128 cm³/mol. The Kier molecular flexibility index (Phi) is 10.9. The average Bonchev–Trinajstić information content (AvgIpc) is 2.96. The summed E-state index contributed by atoms with van der Waals surface area (Å²) in [5.41, 5.74) is 2.01. The van der Waals surface area contributed by atoms with E-state index in [1.807, 2.05) is 39.8 Å². The first kappa shape index (κ1) is 24.8. The lowest BCUT2D eigenvalue weighted by molar-refractivity contribution is 0.311. The molecule has 1 aromatic heterocycles. The third-order valence-corrected chi connectivity index (χ3v) is 5.11. The topological polar surface area (TPSA) is 67.8 Å². The van der Waals surface area contributed by atoms with E-state index in [0.717, 1.165) is 28.8 Å². The fourth-order valence-electron chi connectivity index (χ4n) is 2.56. The van der Waals surface area contributed by atoms with Gasteiger partial charge in [-0.05, 0) is 45.4 Å². The van der Waals surface area contributed by atoms with Crippen LogP contribution >= 0.6 is 46.9 Å². The molecule has 0 aliphatic carbocycles. The summed E-state index contributed by atoms with van der Waals surface area (Å²) in [5, 5.41) is 8.21. The molecule has 0 aliphatic rings. The van der Waals surface area contributed by atoms with Gasteiger partial charge in [0.05, 0.1) is 42.5 Å². The highest BCUT2D eigenvalue weighted by atomic mass is 127. The van der Waals surface area contributed by atoms with E-state index in [4.69, 9.17) is 21.1 Å². The Morgan fingerprint density at radius 1 is 1.25 bits per heavy atom. The summed E-state index contributed by atoms with van der Waals surface area (Å²) in [6.45, 7) is 10.5. The number of rotatable bonds is 8. The summed E-state index contributed by atoms with van der Waals surface area (Å²) in [5.74, 6) is 1.92. The van der Waals surface area contributed by atoms with Gasteiger partial charge in [0.25, 0.3) is 0 Å². The Balaban J connectivity index is 0.00000392. The third kappa shape index (κ3) is 6.97. The maximum absolute atomic E-state index is 6.34. The molecule has 0 saturated carbocycles. The van der Waals surface area contributed by atoms with Crippen LogP contribution in [-0.4, -0.2) is 31.2 Å². The van der Waals surface area contributed by atoms with Crippen molar-refractivity contribution in [3.05, 3.63) is 38.3 Å². The second-order valence-electron chi connectivity index (χ2n) is 5.83. The van der Waals surface area contributed by atoms with Gasteiger partial charge in [0, 0.05) is 11.4 Å². The lowest BCUT2D eigenvalue weighted by atomic mass is 10.2. The van der Waals surface area contributed by atoms with Crippen LogP contribution in [0.25, 0.3) is 0 Å². The highest BCUT2D eigenvalue weighted by Gasteiger charge is 2.12. The van der Waals surface area contributed by atoms with Gasteiger partial charge in [-0.15, -0.1) is 35.3 Å². The van der Waals surface area contributed by atoms with Crippen LogP contribution in [-0.2, 0) is 13.1 Å². The minimum atomic E-state index is 0. The number of thiazole rings is 1. The van der Waals surface area contributed by atoms with Crippen LogP contribution in [0.1, 0.15) is 35.0 Å². The average molecular weight is 539 g/mol. The second-order valence-corrected chi connectivity index (χ2v) is 7.53. The minimum Gasteiger partial charge on any atom is -0.493 e. The summed E-state index contributed by atoms with van der Waals surface area (Å²) in [6, 6.07) is 3.76. The lowest BCUT2D eigenvalue weighted by Gasteiger charge is -2.13. The van der Waals surface area contributed by atoms with E-state index in [-0.39, 0.29) is 24.0 Å². The predicted octanol–water partition coefficient (Wildman–Crippen LogP) is 4.69. The Labute approximate surface area is 193 Å².